The van der Waals surface area contributed by atoms with E-state index in [1.807, 2.05) is 0 Å². The van der Waals surface area contributed by atoms with Gasteiger partial charge in [0.2, 0.25) is 0 Å². The third-order valence-electron chi connectivity index (χ3n) is 17.2. The summed E-state index contributed by atoms with van der Waals surface area (Å²) in [6.07, 6.45) is 78.3. The van der Waals surface area contributed by atoms with Gasteiger partial charge in [0.1, 0.15) is 0 Å². The summed E-state index contributed by atoms with van der Waals surface area (Å²) in [4.78, 5) is 10.5. The van der Waals surface area contributed by atoms with E-state index in [0.29, 0.717) is 0 Å². The third kappa shape index (κ3) is 48.9. The molecule has 2 nitrogen and oxygen atoms in total. The molecule has 2 aromatic rings. The van der Waals surface area contributed by atoms with Crippen LogP contribution in [-0.2, 0) is 0 Å². The van der Waals surface area contributed by atoms with Crippen LogP contribution in [0.3, 0.4) is 0 Å². The molecule has 2 aromatic carbocycles. The van der Waals surface area contributed by atoms with E-state index >= 15 is 0 Å². The maximum absolute atomic E-state index is 5.28. The standard InChI is InChI=1S/C79H134N2/c1-5-9-13-15-17-19-21-23-25-27-29-31-33-35-37-39-41-43-45-47-49-51-53-55-57-60-62-74-66-70-76(71-67-74)80-78(64-12-8-4)79(65-59-11-7-3)81-77-72-68-75(69-73-77)63-61-58-56-54-52-50-48-46-44-42-40-38-36-34-32-30-28-26-24-22-20-18-16-14-10-6-2/h66-73H,5-59,64-65H2,1-4H3. The Labute approximate surface area is 507 Å². The average Bonchev–Trinajstić information content (AvgIpc) is 3.48. The SMILES string of the molecule is CCCCCCCCCCCCCCCCCCCCCCCCCCC#Cc1ccc(N=C(CCCC)C(CCCCC)=Nc2ccc(C#CCCCCCCCCCCCCCCCCCCCCCCCCCC)cc2)cc1. The Morgan fingerprint density at radius 2 is 0.432 bits per heavy atom. The van der Waals surface area contributed by atoms with E-state index < -0.39 is 0 Å². The van der Waals surface area contributed by atoms with Gasteiger partial charge in [-0.05, 0) is 87.1 Å². The molecule has 460 valence electrons. The lowest BCUT2D eigenvalue weighted by atomic mass is 10.0. The Morgan fingerprint density at radius 1 is 0.235 bits per heavy atom. The van der Waals surface area contributed by atoms with Gasteiger partial charge in [-0.2, -0.15) is 0 Å². The van der Waals surface area contributed by atoms with Crippen molar-refractivity contribution in [1.82, 2.24) is 0 Å². The quantitative estimate of drug-likeness (QED) is 0.0358. The predicted octanol–water partition coefficient (Wildman–Crippen LogP) is 27.6. The van der Waals surface area contributed by atoms with Crippen LogP contribution in [0, 0.1) is 23.7 Å². The van der Waals surface area contributed by atoms with Gasteiger partial charge in [0.05, 0.1) is 22.8 Å². The molecule has 2 rings (SSSR count). The Kier molecular flexibility index (Phi) is 54.8. The van der Waals surface area contributed by atoms with Gasteiger partial charge in [-0.3, -0.25) is 9.98 Å². The molecule has 0 spiro atoms. The van der Waals surface area contributed by atoms with Crippen LogP contribution in [0.25, 0.3) is 0 Å². The second-order valence-corrected chi connectivity index (χ2v) is 25.1. The van der Waals surface area contributed by atoms with Gasteiger partial charge < -0.3 is 0 Å². The first-order valence-corrected chi connectivity index (χ1v) is 36.5. The second-order valence-electron chi connectivity index (χ2n) is 25.1. The van der Waals surface area contributed by atoms with Crippen molar-refractivity contribution in [2.24, 2.45) is 9.98 Å². The number of unbranched alkanes of at least 4 members (excludes halogenated alkanes) is 51. The summed E-state index contributed by atoms with van der Waals surface area (Å²) < 4.78 is 0. The monoisotopic (exact) mass is 1110 g/mol. The highest BCUT2D eigenvalue weighted by molar-refractivity contribution is 6.43. The highest BCUT2D eigenvalue weighted by Gasteiger charge is 2.11. The molecule has 0 amide bonds. The van der Waals surface area contributed by atoms with E-state index in [1.165, 1.54) is 321 Å². The molecule has 0 saturated heterocycles. The van der Waals surface area contributed by atoms with Gasteiger partial charge in [-0.15, -0.1) is 0 Å². The summed E-state index contributed by atoms with van der Waals surface area (Å²) in [6.45, 7) is 9.17. The lowest BCUT2D eigenvalue weighted by Gasteiger charge is -2.11. The molecule has 0 saturated carbocycles. The summed E-state index contributed by atoms with van der Waals surface area (Å²) in [5.41, 5.74) is 6.45. The molecule has 0 radical (unpaired) electrons. The van der Waals surface area contributed by atoms with Crippen LogP contribution in [0.4, 0.5) is 11.4 Å². The van der Waals surface area contributed by atoms with Gasteiger partial charge in [-0.25, -0.2) is 0 Å². The van der Waals surface area contributed by atoms with Gasteiger partial charge in [-0.1, -0.05) is 366 Å². The first-order chi connectivity index (χ1) is 40.2. The fourth-order valence-corrected chi connectivity index (χ4v) is 11.6. The number of hydrogen-bond donors (Lipinski definition) is 0. The molecule has 81 heavy (non-hydrogen) atoms. The smallest absolute Gasteiger partial charge is 0.0634 e. The Bertz CT molecular complexity index is 1810. The summed E-state index contributed by atoms with van der Waals surface area (Å²) in [7, 11) is 0. The summed E-state index contributed by atoms with van der Waals surface area (Å²) >= 11 is 0. The molecule has 0 aliphatic carbocycles. The van der Waals surface area contributed by atoms with Crippen molar-refractivity contribution in [2.75, 3.05) is 0 Å². The van der Waals surface area contributed by atoms with Crippen molar-refractivity contribution in [3.05, 3.63) is 59.7 Å². The molecular formula is C79H134N2. The van der Waals surface area contributed by atoms with E-state index in [2.05, 4.69) is 99.9 Å². The molecule has 0 aliphatic rings. The number of aliphatic imine (C=N–C) groups is 2. The largest absolute Gasteiger partial charge is 0.252 e. The number of nitrogens with zero attached hydrogens (tertiary/aromatic N) is 2. The van der Waals surface area contributed by atoms with Gasteiger partial charge in [0.25, 0.3) is 0 Å². The minimum atomic E-state index is 0.950. The first kappa shape index (κ1) is 74.0. The molecule has 0 aliphatic heterocycles. The Morgan fingerprint density at radius 3 is 0.667 bits per heavy atom. The van der Waals surface area contributed by atoms with E-state index in [-0.39, 0.29) is 0 Å². The first-order valence-electron chi connectivity index (χ1n) is 36.5. The highest BCUT2D eigenvalue weighted by Crippen LogP contribution is 2.23. The van der Waals surface area contributed by atoms with Crippen molar-refractivity contribution < 1.29 is 0 Å². The van der Waals surface area contributed by atoms with Crippen molar-refractivity contribution in [3.8, 4) is 23.7 Å². The van der Waals surface area contributed by atoms with Gasteiger partial charge in [0.15, 0.2) is 0 Å². The van der Waals surface area contributed by atoms with Crippen molar-refractivity contribution >= 4 is 22.8 Å². The van der Waals surface area contributed by atoms with Crippen LogP contribution in [0.1, 0.15) is 405 Å². The lowest BCUT2D eigenvalue weighted by molar-refractivity contribution is 0.517. The summed E-state index contributed by atoms with van der Waals surface area (Å²) in [5.74, 6) is 13.8. The van der Waals surface area contributed by atoms with Crippen LogP contribution in [0.15, 0.2) is 58.5 Å². The highest BCUT2D eigenvalue weighted by atomic mass is 14.8. The normalized spacial score (nSPS) is 11.8. The summed E-state index contributed by atoms with van der Waals surface area (Å²) in [5, 5.41) is 0. The number of hydrogen-bond acceptors (Lipinski definition) is 2. The zero-order valence-corrected chi connectivity index (χ0v) is 54.8. The average molecular weight is 1110 g/mol. The second kappa shape index (κ2) is 60.0. The zero-order chi connectivity index (χ0) is 57.7. The topological polar surface area (TPSA) is 24.7 Å². The van der Waals surface area contributed by atoms with E-state index in [1.54, 1.807) is 0 Å². The van der Waals surface area contributed by atoms with Gasteiger partial charge >= 0.3 is 0 Å². The number of benzene rings is 2. The van der Waals surface area contributed by atoms with Crippen LogP contribution in [-0.4, -0.2) is 11.4 Å². The molecule has 0 unspecified atom stereocenters. The van der Waals surface area contributed by atoms with Crippen molar-refractivity contribution in [2.45, 2.75) is 394 Å². The molecule has 0 N–H and O–H groups in total. The molecule has 0 atom stereocenters. The Hall–Kier alpha value is -3.10. The van der Waals surface area contributed by atoms with E-state index in [4.69, 9.17) is 9.98 Å². The van der Waals surface area contributed by atoms with Crippen LogP contribution >= 0.6 is 0 Å². The fraction of sp³-hybridized carbons (Fsp3) is 0.772. The van der Waals surface area contributed by atoms with Crippen molar-refractivity contribution in [1.29, 1.82) is 0 Å². The Balaban J connectivity index is 1.58. The number of rotatable bonds is 58. The fourth-order valence-electron chi connectivity index (χ4n) is 11.6. The maximum atomic E-state index is 5.28. The molecule has 0 aromatic heterocycles. The molecule has 0 bridgehead atoms. The maximum Gasteiger partial charge on any atom is 0.0634 e. The molecule has 0 fully saturated rings. The van der Waals surface area contributed by atoms with Crippen molar-refractivity contribution in [3.63, 3.8) is 0 Å². The molecular weight excluding hydrogens is 977 g/mol. The van der Waals surface area contributed by atoms with E-state index in [0.717, 1.165) is 78.9 Å². The molecule has 0 heterocycles. The minimum Gasteiger partial charge on any atom is -0.252 e. The van der Waals surface area contributed by atoms with Crippen LogP contribution in [0.5, 0.6) is 0 Å². The van der Waals surface area contributed by atoms with Crippen LogP contribution < -0.4 is 0 Å². The molecule has 2 heteroatoms. The van der Waals surface area contributed by atoms with E-state index in [9.17, 15) is 0 Å². The summed E-state index contributed by atoms with van der Waals surface area (Å²) in [6, 6.07) is 17.2. The third-order valence-corrected chi connectivity index (χ3v) is 17.2. The van der Waals surface area contributed by atoms with Gasteiger partial charge in [0, 0.05) is 24.0 Å². The predicted molar refractivity (Wildman–Crippen MR) is 367 cm³/mol. The lowest BCUT2D eigenvalue weighted by Crippen LogP contribution is -2.14. The minimum absolute atomic E-state index is 0.950. The zero-order valence-electron chi connectivity index (χ0n) is 54.8. The van der Waals surface area contributed by atoms with Crippen LogP contribution in [0.2, 0.25) is 0 Å².